The molecule has 2 N–H and O–H groups in total. The van der Waals surface area contributed by atoms with E-state index in [-0.39, 0.29) is 17.6 Å². The summed E-state index contributed by atoms with van der Waals surface area (Å²) in [5, 5.41) is 0. The average molecular weight is 235 g/mol. The van der Waals surface area contributed by atoms with Crippen LogP contribution in [-0.4, -0.2) is 38.2 Å². The first-order valence-corrected chi connectivity index (χ1v) is 7.22. The van der Waals surface area contributed by atoms with Crippen LogP contribution < -0.4 is 5.73 Å². The van der Waals surface area contributed by atoms with Gasteiger partial charge < -0.3 is 10.5 Å². The van der Waals surface area contributed by atoms with E-state index in [1.54, 1.807) is 13.8 Å². The Balaban J connectivity index is 2.36. The number of hydrogen-bond donors (Lipinski definition) is 1. The van der Waals surface area contributed by atoms with Crippen LogP contribution >= 0.6 is 0 Å². The van der Waals surface area contributed by atoms with Gasteiger partial charge in [-0.15, -0.1) is 0 Å². The average Bonchev–Trinajstić information content (AvgIpc) is 2.47. The van der Waals surface area contributed by atoms with E-state index in [4.69, 9.17) is 10.5 Å². The highest BCUT2D eigenvalue weighted by Crippen LogP contribution is 2.16. The van der Waals surface area contributed by atoms with Gasteiger partial charge in [0.2, 0.25) is 0 Å². The zero-order valence-corrected chi connectivity index (χ0v) is 10.3. The number of nitrogens with two attached hydrogens (primary N) is 1. The topological polar surface area (TPSA) is 69.4 Å². The summed E-state index contributed by atoms with van der Waals surface area (Å²) >= 11 is 0. The maximum atomic E-state index is 11.7. The van der Waals surface area contributed by atoms with Gasteiger partial charge in [-0.05, 0) is 33.1 Å². The highest BCUT2D eigenvalue weighted by Gasteiger charge is 2.24. The molecule has 1 heterocycles. The molecule has 1 aliphatic rings. The SMILES string of the molecule is CC(C)(N)CS(=O)(=O)CCC1CCCO1. The summed E-state index contributed by atoms with van der Waals surface area (Å²) in [5.41, 5.74) is 5.05. The van der Waals surface area contributed by atoms with E-state index < -0.39 is 15.4 Å². The molecule has 0 spiro atoms. The Morgan fingerprint density at radius 2 is 2.13 bits per heavy atom. The molecular weight excluding hydrogens is 214 g/mol. The summed E-state index contributed by atoms with van der Waals surface area (Å²) in [6.45, 7) is 4.24. The molecule has 1 atom stereocenters. The van der Waals surface area contributed by atoms with Crippen molar-refractivity contribution >= 4 is 9.84 Å². The van der Waals surface area contributed by atoms with Crippen LogP contribution in [0.25, 0.3) is 0 Å². The monoisotopic (exact) mass is 235 g/mol. The Morgan fingerprint density at radius 3 is 2.60 bits per heavy atom. The molecule has 1 aliphatic heterocycles. The molecule has 0 radical (unpaired) electrons. The molecule has 0 amide bonds. The van der Waals surface area contributed by atoms with Crippen molar-refractivity contribution in [1.29, 1.82) is 0 Å². The Morgan fingerprint density at radius 1 is 1.47 bits per heavy atom. The normalized spacial score (nSPS) is 23.3. The van der Waals surface area contributed by atoms with Gasteiger partial charge in [0.1, 0.15) is 0 Å². The van der Waals surface area contributed by atoms with E-state index >= 15 is 0 Å². The third-order valence-corrected chi connectivity index (χ3v) is 4.41. The highest BCUT2D eigenvalue weighted by atomic mass is 32.2. The van der Waals surface area contributed by atoms with Gasteiger partial charge in [-0.2, -0.15) is 0 Å². The quantitative estimate of drug-likeness (QED) is 0.762. The summed E-state index contributed by atoms with van der Waals surface area (Å²) in [4.78, 5) is 0. The summed E-state index contributed by atoms with van der Waals surface area (Å²) in [6, 6.07) is 0. The van der Waals surface area contributed by atoms with Crippen molar-refractivity contribution in [2.24, 2.45) is 5.73 Å². The molecule has 0 bridgehead atoms. The second-order valence-electron chi connectivity index (χ2n) is 5.00. The minimum absolute atomic E-state index is 0.0483. The Kier molecular flexibility index (Phi) is 4.14. The lowest BCUT2D eigenvalue weighted by molar-refractivity contribution is 0.109. The van der Waals surface area contributed by atoms with Gasteiger partial charge >= 0.3 is 0 Å². The largest absolute Gasteiger partial charge is 0.378 e. The number of sulfone groups is 1. The van der Waals surface area contributed by atoms with E-state index in [1.165, 1.54) is 0 Å². The maximum Gasteiger partial charge on any atom is 0.152 e. The smallest absolute Gasteiger partial charge is 0.152 e. The molecule has 0 aromatic rings. The summed E-state index contributed by atoms with van der Waals surface area (Å²) in [7, 11) is -3.03. The number of ether oxygens (including phenoxy) is 1. The maximum absolute atomic E-state index is 11.7. The van der Waals surface area contributed by atoms with Gasteiger partial charge in [0.25, 0.3) is 0 Å². The number of hydrogen-bond acceptors (Lipinski definition) is 4. The predicted octanol–water partition coefficient (Wildman–Crippen LogP) is 0.708. The molecule has 15 heavy (non-hydrogen) atoms. The van der Waals surface area contributed by atoms with Crippen molar-refractivity contribution in [2.75, 3.05) is 18.1 Å². The summed E-state index contributed by atoms with van der Waals surface area (Å²) in [6.07, 6.45) is 2.79. The lowest BCUT2D eigenvalue weighted by Gasteiger charge is -2.18. The molecule has 4 nitrogen and oxygen atoms in total. The molecule has 1 fully saturated rings. The fraction of sp³-hybridized carbons (Fsp3) is 1.00. The molecule has 0 aromatic heterocycles. The molecule has 1 saturated heterocycles. The van der Waals surface area contributed by atoms with Crippen molar-refractivity contribution in [3.05, 3.63) is 0 Å². The molecular formula is C10H21NO3S. The Hall–Kier alpha value is -0.130. The standard InChI is InChI=1S/C10H21NO3S/c1-10(2,11)8-15(12,13)7-5-9-4-3-6-14-9/h9H,3-8,11H2,1-2H3. The third-order valence-electron chi connectivity index (χ3n) is 2.37. The number of rotatable bonds is 5. The minimum Gasteiger partial charge on any atom is -0.378 e. The zero-order chi connectivity index (χ0) is 11.5. The van der Waals surface area contributed by atoms with Crippen molar-refractivity contribution in [1.82, 2.24) is 0 Å². The first-order chi connectivity index (χ1) is 6.79. The Bertz CT molecular complexity index is 286. The van der Waals surface area contributed by atoms with Gasteiger partial charge in [0.05, 0.1) is 17.6 Å². The van der Waals surface area contributed by atoms with Crippen LogP contribution in [0.5, 0.6) is 0 Å². The fourth-order valence-electron chi connectivity index (χ4n) is 1.82. The lowest BCUT2D eigenvalue weighted by Crippen LogP contribution is -2.40. The molecule has 1 unspecified atom stereocenters. The first-order valence-electron chi connectivity index (χ1n) is 5.39. The van der Waals surface area contributed by atoms with Crippen LogP contribution in [0.15, 0.2) is 0 Å². The van der Waals surface area contributed by atoms with Crippen LogP contribution in [0.3, 0.4) is 0 Å². The lowest BCUT2D eigenvalue weighted by atomic mass is 10.1. The van der Waals surface area contributed by atoms with Crippen LogP contribution in [0.4, 0.5) is 0 Å². The first kappa shape index (κ1) is 12.9. The summed E-state index contributed by atoms with van der Waals surface area (Å²) < 4.78 is 28.7. The van der Waals surface area contributed by atoms with Gasteiger partial charge in [0.15, 0.2) is 9.84 Å². The molecule has 0 aromatic carbocycles. The molecule has 0 saturated carbocycles. The molecule has 1 rings (SSSR count). The zero-order valence-electron chi connectivity index (χ0n) is 9.53. The van der Waals surface area contributed by atoms with Gasteiger partial charge in [-0.3, -0.25) is 0 Å². The second kappa shape index (κ2) is 4.80. The fourth-order valence-corrected chi connectivity index (χ4v) is 3.72. The van der Waals surface area contributed by atoms with Gasteiger partial charge in [0, 0.05) is 12.1 Å². The van der Waals surface area contributed by atoms with Crippen molar-refractivity contribution in [3.63, 3.8) is 0 Å². The van der Waals surface area contributed by atoms with Crippen LogP contribution in [-0.2, 0) is 14.6 Å². The van der Waals surface area contributed by atoms with Gasteiger partial charge in [-0.25, -0.2) is 8.42 Å². The molecule has 0 aliphatic carbocycles. The van der Waals surface area contributed by atoms with E-state index in [0.29, 0.717) is 6.42 Å². The van der Waals surface area contributed by atoms with Crippen molar-refractivity contribution in [2.45, 2.75) is 44.8 Å². The van der Waals surface area contributed by atoms with Gasteiger partial charge in [-0.1, -0.05) is 0 Å². The van der Waals surface area contributed by atoms with Crippen molar-refractivity contribution in [3.8, 4) is 0 Å². The second-order valence-corrected chi connectivity index (χ2v) is 7.19. The predicted molar refractivity (Wildman–Crippen MR) is 60.5 cm³/mol. The minimum atomic E-state index is -3.03. The third kappa shape index (κ3) is 5.49. The molecule has 5 heteroatoms. The van der Waals surface area contributed by atoms with E-state index in [0.717, 1.165) is 19.4 Å². The van der Waals surface area contributed by atoms with Crippen LogP contribution in [0.2, 0.25) is 0 Å². The van der Waals surface area contributed by atoms with Crippen molar-refractivity contribution < 1.29 is 13.2 Å². The molecule has 90 valence electrons. The van der Waals surface area contributed by atoms with Crippen LogP contribution in [0.1, 0.15) is 33.1 Å². The van der Waals surface area contributed by atoms with E-state index in [9.17, 15) is 8.42 Å². The Labute approximate surface area is 92.1 Å². The highest BCUT2D eigenvalue weighted by molar-refractivity contribution is 7.91. The van der Waals surface area contributed by atoms with E-state index in [1.807, 2.05) is 0 Å². The van der Waals surface area contributed by atoms with Crippen LogP contribution in [0, 0.1) is 0 Å². The van der Waals surface area contributed by atoms with E-state index in [2.05, 4.69) is 0 Å². The summed E-state index contributed by atoms with van der Waals surface area (Å²) in [5.74, 6) is 0.241.